The molecule has 6 heteroatoms. The SMILES string of the molecule is CCOCc1ccccc1CNCc1cnc(N)s1.Cl. The maximum absolute atomic E-state index is 5.60. The maximum Gasteiger partial charge on any atom is 0.180 e. The number of nitrogens with two attached hydrogens (primary N) is 1. The van der Waals surface area contributed by atoms with E-state index in [-0.39, 0.29) is 12.4 Å². The number of ether oxygens (including phenoxy) is 1. The molecule has 2 aromatic rings. The van der Waals surface area contributed by atoms with Gasteiger partial charge in [0.15, 0.2) is 5.13 Å². The van der Waals surface area contributed by atoms with Gasteiger partial charge in [-0.1, -0.05) is 24.3 Å². The molecule has 0 atom stereocenters. The average Bonchev–Trinajstić information content (AvgIpc) is 2.83. The van der Waals surface area contributed by atoms with Crippen molar-refractivity contribution in [2.45, 2.75) is 26.6 Å². The number of nitrogens with one attached hydrogen (secondary N) is 1. The summed E-state index contributed by atoms with van der Waals surface area (Å²) in [4.78, 5) is 5.19. The number of nitrogen functional groups attached to an aromatic ring is 1. The van der Waals surface area contributed by atoms with Gasteiger partial charge in [0.05, 0.1) is 6.61 Å². The highest BCUT2D eigenvalue weighted by Crippen LogP contribution is 2.14. The van der Waals surface area contributed by atoms with Crippen LogP contribution >= 0.6 is 23.7 Å². The third-order valence-electron chi connectivity index (χ3n) is 2.77. The summed E-state index contributed by atoms with van der Waals surface area (Å²) in [7, 11) is 0. The van der Waals surface area contributed by atoms with E-state index < -0.39 is 0 Å². The first-order valence-corrected chi connectivity index (χ1v) is 7.16. The van der Waals surface area contributed by atoms with Crippen molar-refractivity contribution in [1.29, 1.82) is 0 Å². The molecule has 0 spiro atoms. The molecule has 1 aromatic carbocycles. The molecule has 2 rings (SSSR count). The van der Waals surface area contributed by atoms with E-state index in [9.17, 15) is 0 Å². The van der Waals surface area contributed by atoms with Crippen molar-refractivity contribution in [3.05, 3.63) is 46.5 Å². The zero-order valence-corrected chi connectivity index (χ0v) is 13.1. The van der Waals surface area contributed by atoms with E-state index in [1.165, 1.54) is 22.5 Å². The monoisotopic (exact) mass is 313 g/mol. The van der Waals surface area contributed by atoms with Gasteiger partial charge in [-0.2, -0.15) is 0 Å². The van der Waals surface area contributed by atoms with E-state index in [0.29, 0.717) is 11.7 Å². The Morgan fingerprint density at radius 2 is 2.00 bits per heavy atom. The van der Waals surface area contributed by atoms with Gasteiger partial charge in [-0.05, 0) is 18.1 Å². The highest BCUT2D eigenvalue weighted by molar-refractivity contribution is 7.15. The van der Waals surface area contributed by atoms with Crippen molar-refractivity contribution in [2.75, 3.05) is 12.3 Å². The summed E-state index contributed by atoms with van der Waals surface area (Å²) < 4.78 is 5.48. The molecule has 110 valence electrons. The number of halogens is 1. The van der Waals surface area contributed by atoms with Crippen LogP contribution in [0.15, 0.2) is 30.5 Å². The van der Waals surface area contributed by atoms with E-state index in [1.807, 2.05) is 19.2 Å². The van der Waals surface area contributed by atoms with Gasteiger partial charge in [-0.25, -0.2) is 4.98 Å². The van der Waals surface area contributed by atoms with Crippen LogP contribution in [0, 0.1) is 0 Å². The fourth-order valence-electron chi connectivity index (χ4n) is 1.81. The van der Waals surface area contributed by atoms with E-state index in [4.69, 9.17) is 10.5 Å². The number of anilines is 1. The number of aromatic nitrogens is 1. The molecule has 0 amide bonds. The minimum Gasteiger partial charge on any atom is -0.377 e. The number of thiazole rings is 1. The van der Waals surface area contributed by atoms with Gasteiger partial charge in [-0.15, -0.1) is 23.7 Å². The summed E-state index contributed by atoms with van der Waals surface area (Å²) in [5.41, 5.74) is 8.11. The van der Waals surface area contributed by atoms with Gasteiger partial charge in [0.1, 0.15) is 0 Å². The first-order chi connectivity index (χ1) is 9.29. The summed E-state index contributed by atoms with van der Waals surface area (Å²) in [5.74, 6) is 0. The predicted molar refractivity (Wildman–Crippen MR) is 86.1 cm³/mol. The second-order valence-electron chi connectivity index (χ2n) is 4.17. The Morgan fingerprint density at radius 3 is 2.65 bits per heavy atom. The fraction of sp³-hybridized carbons (Fsp3) is 0.357. The first-order valence-electron chi connectivity index (χ1n) is 6.35. The highest BCUT2D eigenvalue weighted by atomic mass is 35.5. The van der Waals surface area contributed by atoms with Crippen molar-refractivity contribution < 1.29 is 4.74 Å². The molecule has 3 N–H and O–H groups in total. The van der Waals surface area contributed by atoms with Crippen molar-refractivity contribution in [1.82, 2.24) is 10.3 Å². The van der Waals surface area contributed by atoms with E-state index in [0.717, 1.165) is 24.6 Å². The Balaban J connectivity index is 0.00000200. The molecular weight excluding hydrogens is 294 g/mol. The standard InChI is InChI=1S/C14H19N3OS.ClH/c1-2-18-10-12-6-4-3-5-11(12)7-16-8-13-9-17-14(15)19-13;/h3-6,9,16H,2,7-8,10H2,1H3,(H2,15,17);1H. The highest BCUT2D eigenvalue weighted by Gasteiger charge is 2.02. The molecule has 0 aliphatic rings. The van der Waals surface area contributed by atoms with Crippen molar-refractivity contribution in [2.24, 2.45) is 0 Å². The lowest BCUT2D eigenvalue weighted by Gasteiger charge is -2.10. The number of hydrogen-bond acceptors (Lipinski definition) is 5. The molecule has 0 bridgehead atoms. The topological polar surface area (TPSA) is 60.2 Å². The van der Waals surface area contributed by atoms with E-state index in [1.54, 1.807) is 0 Å². The minimum atomic E-state index is 0. The van der Waals surface area contributed by atoms with Crippen LogP contribution in [0.5, 0.6) is 0 Å². The third-order valence-corrected chi connectivity index (χ3v) is 3.59. The molecule has 1 heterocycles. The van der Waals surface area contributed by atoms with Crippen LogP contribution in [0.25, 0.3) is 0 Å². The van der Waals surface area contributed by atoms with Gasteiger partial charge < -0.3 is 15.8 Å². The quantitative estimate of drug-likeness (QED) is 0.825. The second-order valence-corrected chi connectivity index (χ2v) is 5.32. The van der Waals surface area contributed by atoms with Crippen LogP contribution in [0.3, 0.4) is 0 Å². The molecule has 0 aliphatic heterocycles. The lowest BCUT2D eigenvalue weighted by Crippen LogP contribution is -2.13. The molecule has 0 radical (unpaired) electrons. The van der Waals surface area contributed by atoms with Crippen LogP contribution < -0.4 is 11.1 Å². The molecule has 0 saturated carbocycles. The predicted octanol–water partition coefficient (Wildman–Crippen LogP) is 2.97. The van der Waals surface area contributed by atoms with Crippen molar-refractivity contribution in [3.63, 3.8) is 0 Å². The van der Waals surface area contributed by atoms with Crippen molar-refractivity contribution >= 4 is 28.9 Å². The number of hydrogen-bond donors (Lipinski definition) is 2. The smallest absolute Gasteiger partial charge is 0.180 e. The molecule has 0 aliphatic carbocycles. The lowest BCUT2D eigenvalue weighted by atomic mass is 10.1. The Hall–Kier alpha value is -1.14. The molecule has 0 saturated heterocycles. The van der Waals surface area contributed by atoms with Crippen molar-refractivity contribution in [3.8, 4) is 0 Å². The van der Waals surface area contributed by atoms with Gasteiger partial charge in [0.25, 0.3) is 0 Å². The van der Waals surface area contributed by atoms with E-state index in [2.05, 4.69) is 28.5 Å². The Bertz CT molecular complexity index is 519. The number of nitrogens with zero attached hydrogens (tertiary/aromatic N) is 1. The number of benzene rings is 1. The summed E-state index contributed by atoms with van der Waals surface area (Å²) in [6, 6.07) is 8.33. The van der Waals surface area contributed by atoms with Gasteiger partial charge >= 0.3 is 0 Å². The van der Waals surface area contributed by atoms with Gasteiger partial charge in [0, 0.05) is 30.8 Å². The molecule has 1 aromatic heterocycles. The summed E-state index contributed by atoms with van der Waals surface area (Å²) >= 11 is 1.52. The Morgan fingerprint density at radius 1 is 1.25 bits per heavy atom. The molecular formula is C14H20ClN3OS. The zero-order valence-electron chi connectivity index (χ0n) is 11.5. The van der Waals surface area contributed by atoms with Crippen LogP contribution in [0.2, 0.25) is 0 Å². The Kier molecular flexibility index (Phi) is 7.54. The molecule has 0 fully saturated rings. The summed E-state index contributed by atoms with van der Waals surface area (Å²) in [5, 5.41) is 4.03. The minimum absolute atomic E-state index is 0. The lowest BCUT2D eigenvalue weighted by molar-refractivity contribution is 0.133. The van der Waals surface area contributed by atoms with Crippen LogP contribution in [0.1, 0.15) is 22.9 Å². The third kappa shape index (κ3) is 5.09. The first kappa shape index (κ1) is 16.9. The normalized spacial score (nSPS) is 10.2. The average molecular weight is 314 g/mol. The second kappa shape index (κ2) is 8.92. The molecule has 20 heavy (non-hydrogen) atoms. The largest absolute Gasteiger partial charge is 0.377 e. The van der Waals surface area contributed by atoms with Gasteiger partial charge in [-0.3, -0.25) is 0 Å². The van der Waals surface area contributed by atoms with Crippen LogP contribution in [-0.2, 0) is 24.4 Å². The van der Waals surface area contributed by atoms with Crippen LogP contribution in [0.4, 0.5) is 5.13 Å². The van der Waals surface area contributed by atoms with E-state index >= 15 is 0 Å². The zero-order chi connectivity index (χ0) is 13.5. The van der Waals surface area contributed by atoms with Crippen LogP contribution in [-0.4, -0.2) is 11.6 Å². The number of rotatable bonds is 7. The van der Waals surface area contributed by atoms with Gasteiger partial charge in [0.2, 0.25) is 0 Å². The Labute approximate surface area is 129 Å². The maximum atomic E-state index is 5.60. The summed E-state index contributed by atoms with van der Waals surface area (Å²) in [6.07, 6.45) is 1.82. The molecule has 0 unspecified atom stereocenters. The fourth-order valence-corrected chi connectivity index (χ4v) is 2.46. The molecule has 4 nitrogen and oxygen atoms in total. The summed E-state index contributed by atoms with van der Waals surface area (Å²) in [6.45, 7) is 5.03.